The van der Waals surface area contributed by atoms with Gasteiger partial charge >= 0.3 is 5.69 Å². The number of rotatable bonds is 3. The summed E-state index contributed by atoms with van der Waals surface area (Å²) in [4.78, 5) is 24.0. The van der Waals surface area contributed by atoms with Crippen molar-refractivity contribution in [3.05, 3.63) is 62.3 Å². The van der Waals surface area contributed by atoms with E-state index in [1.807, 2.05) is 43.3 Å². The lowest BCUT2D eigenvalue weighted by molar-refractivity contribution is 0.678. The summed E-state index contributed by atoms with van der Waals surface area (Å²) in [6.45, 7) is 1.90. The molecule has 6 nitrogen and oxygen atoms in total. The molecule has 0 fully saturated rings. The smallest absolute Gasteiger partial charge is 0.332 e. The monoisotopic (exact) mass is 284 g/mol. The van der Waals surface area contributed by atoms with Crippen molar-refractivity contribution in [1.82, 2.24) is 9.13 Å². The highest BCUT2D eigenvalue weighted by atomic mass is 16.2. The molecule has 108 valence electrons. The van der Waals surface area contributed by atoms with Gasteiger partial charge in [-0.3, -0.25) is 13.9 Å². The Morgan fingerprint density at radius 2 is 1.76 bits per heavy atom. The van der Waals surface area contributed by atoms with Crippen molar-refractivity contribution in [2.45, 2.75) is 13.0 Å². The highest BCUT2D eigenvalue weighted by Gasteiger charge is 2.17. The summed E-state index contributed by atoms with van der Waals surface area (Å²) in [7, 11) is 2.89. The Morgan fingerprint density at radius 1 is 1.14 bits per heavy atom. The molecule has 0 saturated heterocycles. The second kappa shape index (κ2) is 5.67. The molecule has 2 rings (SSSR count). The summed E-state index contributed by atoms with van der Waals surface area (Å²) in [5, 5.41) is 12.3. The van der Waals surface area contributed by atoms with E-state index < -0.39 is 11.2 Å². The maximum absolute atomic E-state index is 12.0. The molecule has 1 aromatic heterocycles. The minimum atomic E-state index is -0.594. The molecule has 0 spiro atoms. The van der Waals surface area contributed by atoms with Crippen LogP contribution in [0.4, 0.5) is 5.82 Å². The summed E-state index contributed by atoms with van der Waals surface area (Å²) in [5.41, 5.74) is -0.137. The van der Waals surface area contributed by atoms with Crippen molar-refractivity contribution in [3.63, 3.8) is 0 Å². The van der Waals surface area contributed by atoms with Gasteiger partial charge in [-0.1, -0.05) is 30.3 Å². The molecular formula is C15H16N4O2. The van der Waals surface area contributed by atoms with Crippen LogP contribution in [0.25, 0.3) is 0 Å². The molecule has 0 aliphatic carbocycles. The largest absolute Gasteiger partial charge is 0.364 e. The van der Waals surface area contributed by atoms with Gasteiger partial charge in [0.2, 0.25) is 0 Å². The molecule has 1 aromatic carbocycles. The van der Waals surface area contributed by atoms with Crippen LogP contribution in [0.2, 0.25) is 0 Å². The highest BCUT2D eigenvalue weighted by molar-refractivity contribution is 5.52. The predicted molar refractivity (Wildman–Crippen MR) is 80.1 cm³/mol. The van der Waals surface area contributed by atoms with Crippen molar-refractivity contribution >= 4 is 5.82 Å². The van der Waals surface area contributed by atoms with Gasteiger partial charge in [-0.25, -0.2) is 4.79 Å². The Labute approximate surface area is 121 Å². The van der Waals surface area contributed by atoms with Gasteiger partial charge < -0.3 is 5.32 Å². The zero-order valence-corrected chi connectivity index (χ0v) is 12.1. The van der Waals surface area contributed by atoms with Crippen LogP contribution >= 0.6 is 0 Å². The Kier molecular flexibility index (Phi) is 3.94. The van der Waals surface area contributed by atoms with Gasteiger partial charge in [0.25, 0.3) is 5.56 Å². The molecule has 0 amide bonds. The molecule has 1 N–H and O–H groups in total. The van der Waals surface area contributed by atoms with Gasteiger partial charge in [-0.15, -0.1) is 0 Å². The number of hydrogen-bond donors (Lipinski definition) is 1. The minimum Gasteiger partial charge on any atom is -0.364 e. The molecule has 0 aliphatic heterocycles. The van der Waals surface area contributed by atoms with Gasteiger partial charge in [0.15, 0.2) is 5.56 Å². The number of benzene rings is 1. The summed E-state index contributed by atoms with van der Waals surface area (Å²) in [6.07, 6.45) is 0. The fraction of sp³-hybridized carbons (Fsp3) is 0.267. The van der Waals surface area contributed by atoms with Gasteiger partial charge in [0.05, 0.1) is 0 Å². The molecule has 1 atom stereocenters. The number of nitrogens with zero attached hydrogens (tertiary/aromatic N) is 3. The molecule has 0 aliphatic rings. The normalized spacial score (nSPS) is 11.7. The Bertz CT molecular complexity index is 813. The van der Waals surface area contributed by atoms with E-state index in [2.05, 4.69) is 5.32 Å². The van der Waals surface area contributed by atoms with Crippen molar-refractivity contribution in [3.8, 4) is 6.07 Å². The van der Waals surface area contributed by atoms with E-state index in [9.17, 15) is 14.9 Å². The molecule has 1 unspecified atom stereocenters. The lowest BCUT2D eigenvalue weighted by Gasteiger charge is -2.19. The van der Waals surface area contributed by atoms with Crippen LogP contribution in [0.3, 0.4) is 0 Å². The first kappa shape index (κ1) is 14.6. The summed E-state index contributed by atoms with van der Waals surface area (Å²) >= 11 is 0. The van der Waals surface area contributed by atoms with Crippen LogP contribution in [0.5, 0.6) is 0 Å². The third-order valence-electron chi connectivity index (χ3n) is 3.43. The van der Waals surface area contributed by atoms with E-state index in [0.29, 0.717) is 0 Å². The number of nitrogens with one attached hydrogen (secondary N) is 1. The Balaban J connectivity index is 2.53. The average molecular weight is 284 g/mol. The van der Waals surface area contributed by atoms with E-state index in [0.717, 1.165) is 10.1 Å². The molecule has 21 heavy (non-hydrogen) atoms. The first-order chi connectivity index (χ1) is 9.97. The van der Waals surface area contributed by atoms with E-state index in [4.69, 9.17) is 0 Å². The lowest BCUT2D eigenvalue weighted by Crippen LogP contribution is -2.40. The van der Waals surface area contributed by atoms with Crippen LogP contribution in [-0.4, -0.2) is 9.13 Å². The van der Waals surface area contributed by atoms with Gasteiger partial charge in [0.1, 0.15) is 11.9 Å². The number of aromatic nitrogens is 2. The predicted octanol–water partition coefficient (Wildman–Crippen LogP) is 1.13. The molecule has 2 aromatic rings. The topological polar surface area (TPSA) is 79.8 Å². The molecule has 0 bridgehead atoms. The van der Waals surface area contributed by atoms with Gasteiger partial charge in [-0.05, 0) is 12.5 Å². The Morgan fingerprint density at radius 3 is 2.33 bits per heavy atom. The zero-order chi connectivity index (χ0) is 15.6. The Hall–Kier alpha value is -2.81. The third-order valence-corrected chi connectivity index (χ3v) is 3.43. The van der Waals surface area contributed by atoms with Crippen LogP contribution in [0, 0.1) is 11.3 Å². The first-order valence-electron chi connectivity index (χ1n) is 6.49. The van der Waals surface area contributed by atoms with Gasteiger partial charge in [-0.2, -0.15) is 5.26 Å². The number of nitriles is 1. The summed E-state index contributed by atoms with van der Waals surface area (Å²) in [6, 6.07) is 11.3. The fourth-order valence-electron chi connectivity index (χ4n) is 2.14. The molecule has 0 saturated carbocycles. The maximum atomic E-state index is 12.0. The van der Waals surface area contributed by atoms with Crippen molar-refractivity contribution in [2.24, 2.45) is 14.1 Å². The third kappa shape index (κ3) is 2.58. The van der Waals surface area contributed by atoms with E-state index in [1.165, 1.54) is 18.7 Å². The van der Waals surface area contributed by atoms with Crippen molar-refractivity contribution < 1.29 is 0 Å². The molecular weight excluding hydrogens is 268 g/mol. The van der Waals surface area contributed by atoms with Crippen molar-refractivity contribution in [2.75, 3.05) is 5.32 Å². The van der Waals surface area contributed by atoms with Crippen LogP contribution < -0.4 is 16.6 Å². The molecule has 6 heteroatoms. The molecule has 1 heterocycles. The number of hydrogen-bond acceptors (Lipinski definition) is 4. The SMILES string of the molecule is CC(Nc1c(C#N)c(=O)n(C)c(=O)n1C)c1ccccc1. The maximum Gasteiger partial charge on any atom is 0.332 e. The molecule has 0 radical (unpaired) electrons. The van der Waals surface area contributed by atoms with E-state index in [-0.39, 0.29) is 17.4 Å². The standard InChI is InChI=1S/C15H16N4O2/c1-10(11-7-5-4-6-8-11)17-13-12(9-16)14(20)19(3)15(21)18(13)2/h4-8,10,17H,1-3H3. The second-order valence-corrected chi connectivity index (χ2v) is 4.82. The van der Waals surface area contributed by atoms with Crippen LogP contribution in [0.15, 0.2) is 39.9 Å². The summed E-state index contributed by atoms with van der Waals surface area (Å²) in [5.74, 6) is 0.238. The fourth-order valence-corrected chi connectivity index (χ4v) is 2.14. The first-order valence-corrected chi connectivity index (χ1v) is 6.49. The lowest BCUT2D eigenvalue weighted by atomic mass is 10.1. The summed E-state index contributed by atoms with van der Waals surface area (Å²) < 4.78 is 2.20. The number of anilines is 1. The second-order valence-electron chi connectivity index (χ2n) is 4.82. The van der Waals surface area contributed by atoms with Gasteiger partial charge in [0, 0.05) is 20.1 Å². The van der Waals surface area contributed by atoms with E-state index in [1.54, 1.807) is 0 Å². The average Bonchev–Trinajstić information content (AvgIpc) is 2.51. The zero-order valence-electron chi connectivity index (χ0n) is 12.1. The minimum absolute atomic E-state index is 0.0672. The highest BCUT2D eigenvalue weighted by Crippen LogP contribution is 2.18. The quantitative estimate of drug-likeness (QED) is 0.916. The van der Waals surface area contributed by atoms with Crippen LogP contribution in [-0.2, 0) is 14.1 Å². The van der Waals surface area contributed by atoms with Crippen molar-refractivity contribution in [1.29, 1.82) is 5.26 Å². The van der Waals surface area contributed by atoms with E-state index >= 15 is 0 Å². The van der Waals surface area contributed by atoms with Crippen LogP contribution in [0.1, 0.15) is 24.1 Å².